The van der Waals surface area contributed by atoms with Crippen molar-refractivity contribution < 1.29 is 0 Å². The normalized spacial score (nSPS) is 11.4. The standard InChI is InChI=1S/C20H25N3/c1-3-16(4-2)20-22-19-17(21)11-8-12-18(19)23(20)14-13-15-9-6-5-7-10-15/h5-12,16H,3-4,13-14,21H2,1-2H3. The topological polar surface area (TPSA) is 43.8 Å². The predicted molar refractivity (Wildman–Crippen MR) is 97.6 cm³/mol. The minimum Gasteiger partial charge on any atom is -0.397 e. The minimum absolute atomic E-state index is 0.484. The Bertz CT molecular complexity index is 770. The summed E-state index contributed by atoms with van der Waals surface area (Å²) in [6.07, 6.45) is 3.21. The lowest BCUT2D eigenvalue weighted by atomic mass is 10.0. The van der Waals surface area contributed by atoms with Gasteiger partial charge in [0.1, 0.15) is 11.3 Å². The first-order chi connectivity index (χ1) is 11.2. The Balaban J connectivity index is 2.01. The number of fused-ring (bicyclic) bond motifs is 1. The fourth-order valence-corrected chi connectivity index (χ4v) is 3.27. The van der Waals surface area contributed by atoms with Crippen molar-refractivity contribution in [1.82, 2.24) is 9.55 Å². The summed E-state index contributed by atoms with van der Waals surface area (Å²) in [5.74, 6) is 1.66. The Kier molecular flexibility index (Phi) is 4.65. The largest absolute Gasteiger partial charge is 0.397 e. The van der Waals surface area contributed by atoms with E-state index in [1.54, 1.807) is 0 Å². The minimum atomic E-state index is 0.484. The molecular formula is C20H25N3. The number of hydrogen-bond acceptors (Lipinski definition) is 2. The Morgan fingerprint density at radius 1 is 1.00 bits per heavy atom. The zero-order valence-electron chi connectivity index (χ0n) is 14.0. The van der Waals surface area contributed by atoms with Crippen LogP contribution in [0, 0.1) is 0 Å². The van der Waals surface area contributed by atoms with Crippen LogP contribution in [-0.2, 0) is 13.0 Å². The van der Waals surface area contributed by atoms with Crippen molar-refractivity contribution in [1.29, 1.82) is 0 Å². The van der Waals surface area contributed by atoms with Gasteiger partial charge in [-0.3, -0.25) is 0 Å². The molecule has 0 saturated heterocycles. The molecule has 3 heteroatoms. The summed E-state index contributed by atoms with van der Waals surface area (Å²) < 4.78 is 2.37. The number of nitrogen functional groups attached to an aromatic ring is 1. The third kappa shape index (κ3) is 3.09. The molecule has 0 spiro atoms. The molecule has 2 aromatic carbocycles. The van der Waals surface area contributed by atoms with Gasteiger partial charge in [0.25, 0.3) is 0 Å². The monoisotopic (exact) mass is 307 g/mol. The fourth-order valence-electron chi connectivity index (χ4n) is 3.27. The molecule has 3 aromatic rings. The van der Waals surface area contributed by atoms with Crippen molar-refractivity contribution in [3.63, 3.8) is 0 Å². The van der Waals surface area contributed by atoms with Crippen molar-refractivity contribution in [2.24, 2.45) is 0 Å². The quantitative estimate of drug-likeness (QED) is 0.667. The van der Waals surface area contributed by atoms with Gasteiger partial charge < -0.3 is 10.3 Å². The van der Waals surface area contributed by atoms with Gasteiger partial charge in [0.15, 0.2) is 0 Å². The number of aromatic nitrogens is 2. The number of nitrogens with zero attached hydrogens (tertiary/aromatic N) is 2. The number of benzene rings is 2. The average molecular weight is 307 g/mol. The Hall–Kier alpha value is -2.29. The molecule has 0 unspecified atom stereocenters. The number of hydrogen-bond donors (Lipinski definition) is 1. The second kappa shape index (κ2) is 6.86. The zero-order valence-corrected chi connectivity index (χ0v) is 14.0. The first-order valence-electron chi connectivity index (χ1n) is 8.53. The molecule has 23 heavy (non-hydrogen) atoms. The number of rotatable bonds is 6. The molecule has 120 valence electrons. The Morgan fingerprint density at radius 2 is 1.74 bits per heavy atom. The second-order valence-corrected chi connectivity index (χ2v) is 6.09. The maximum absolute atomic E-state index is 6.15. The van der Waals surface area contributed by atoms with E-state index in [1.165, 1.54) is 11.4 Å². The molecule has 0 saturated carbocycles. The highest BCUT2D eigenvalue weighted by molar-refractivity contribution is 5.87. The Morgan fingerprint density at radius 3 is 2.43 bits per heavy atom. The molecule has 0 aliphatic carbocycles. The lowest BCUT2D eigenvalue weighted by Crippen LogP contribution is -2.10. The third-order valence-electron chi connectivity index (χ3n) is 4.66. The molecule has 1 aromatic heterocycles. The van der Waals surface area contributed by atoms with Gasteiger partial charge in [-0.25, -0.2) is 4.98 Å². The van der Waals surface area contributed by atoms with Crippen LogP contribution in [0.3, 0.4) is 0 Å². The van der Waals surface area contributed by atoms with Gasteiger partial charge in [-0.1, -0.05) is 50.2 Å². The summed E-state index contributed by atoms with van der Waals surface area (Å²) in [6, 6.07) is 16.7. The highest BCUT2D eigenvalue weighted by Crippen LogP contribution is 2.29. The third-order valence-corrected chi connectivity index (χ3v) is 4.66. The zero-order chi connectivity index (χ0) is 16.2. The molecule has 0 bridgehead atoms. The number of imidazole rings is 1. The number of para-hydroxylation sites is 1. The average Bonchev–Trinajstić information content (AvgIpc) is 2.95. The van der Waals surface area contributed by atoms with E-state index in [-0.39, 0.29) is 0 Å². The number of nitrogens with two attached hydrogens (primary N) is 1. The predicted octanol–water partition coefficient (Wildman–Crippen LogP) is 4.76. The smallest absolute Gasteiger partial charge is 0.113 e. The molecule has 0 aliphatic heterocycles. The van der Waals surface area contributed by atoms with Crippen LogP contribution in [0.25, 0.3) is 11.0 Å². The summed E-state index contributed by atoms with van der Waals surface area (Å²) >= 11 is 0. The van der Waals surface area contributed by atoms with Gasteiger partial charge in [0.05, 0.1) is 11.2 Å². The van der Waals surface area contributed by atoms with E-state index >= 15 is 0 Å². The fraction of sp³-hybridized carbons (Fsp3) is 0.350. The molecule has 2 N–H and O–H groups in total. The molecule has 0 radical (unpaired) electrons. The molecule has 0 aliphatic rings. The molecule has 0 atom stereocenters. The molecule has 3 rings (SSSR count). The summed E-state index contributed by atoms with van der Waals surface area (Å²) in [5, 5.41) is 0. The molecule has 0 amide bonds. The van der Waals surface area contributed by atoms with Crippen LogP contribution in [0.5, 0.6) is 0 Å². The summed E-state index contributed by atoms with van der Waals surface area (Å²) in [5.41, 5.74) is 10.4. The van der Waals surface area contributed by atoms with Crippen LogP contribution < -0.4 is 5.73 Å². The van der Waals surface area contributed by atoms with Gasteiger partial charge in [-0.05, 0) is 37.0 Å². The van der Waals surface area contributed by atoms with Crippen molar-refractivity contribution in [3.8, 4) is 0 Å². The van der Waals surface area contributed by atoms with Gasteiger partial charge in [0, 0.05) is 12.5 Å². The summed E-state index contributed by atoms with van der Waals surface area (Å²) in [7, 11) is 0. The highest BCUT2D eigenvalue weighted by Gasteiger charge is 2.18. The first-order valence-corrected chi connectivity index (χ1v) is 8.53. The first kappa shape index (κ1) is 15.6. The lowest BCUT2D eigenvalue weighted by Gasteiger charge is -2.15. The molecule has 0 fully saturated rings. The van der Waals surface area contributed by atoms with E-state index in [1.807, 2.05) is 12.1 Å². The van der Waals surface area contributed by atoms with E-state index < -0.39 is 0 Å². The molecule has 1 heterocycles. The maximum atomic E-state index is 6.15. The lowest BCUT2D eigenvalue weighted by molar-refractivity contribution is 0.553. The SMILES string of the molecule is CCC(CC)c1nc2c(N)cccc2n1CCc1ccccc1. The van der Waals surface area contributed by atoms with E-state index in [2.05, 4.69) is 54.8 Å². The van der Waals surface area contributed by atoms with E-state index in [0.29, 0.717) is 5.92 Å². The van der Waals surface area contributed by atoms with Gasteiger partial charge in [-0.2, -0.15) is 0 Å². The van der Waals surface area contributed by atoms with Crippen LogP contribution in [-0.4, -0.2) is 9.55 Å². The van der Waals surface area contributed by atoms with Crippen LogP contribution >= 0.6 is 0 Å². The number of aryl methyl sites for hydroxylation is 2. The summed E-state index contributed by atoms with van der Waals surface area (Å²) in [6.45, 7) is 5.41. The van der Waals surface area contributed by atoms with E-state index in [4.69, 9.17) is 10.7 Å². The van der Waals surface area contributed by atoms with Crippen LogP contribution in [0.15, 0.2) is 48.5 Å². The van der Waals surface area contributed by atoms with E-state index in [0.717, 1.165) is 42.5 Å². The van der Waals surface area contributed by atoms with Crippen molar-refractivity contribution in [2.75, 3.05) is 5.73 Å². The van der Waals surface area contributed by atoms with Gasteiger partial charge in [-0.15, -0.1) is 0 Å². The van der Waals surface area contributed by atoms with Crippen molar-refractivity contribution >= 4 is 16.7 Å². The van der Waals surface area contributed by atoms with Crippen LogP contribution in [0.4, 0.5) is 5.69 Å². The van der Waals surface area contributed by atoms with Crippen molar-refractivity contribution in [3.05, 3.63) is 59.9 Å². The summed E-state index contributed by atoms with van der Waals surface area (Å²) in [4.78, 5) is 4.90. The van der Waals surface area contributed by atoms with Crippen LogP contribution in [0.1, 0.15) is 44.0 Å². The second-order valence-electron chi connectivity index (χ2n) is 6.09. The van der Waals surface area contributed by atoms with Gasteiger partial charge >= 0.3 is 0 Å². The van der Waals surface area contributed by atoms with Crippen molar-refractivity contribution in [2.45, 2.75) is 45.6 Å². The highest BCUT2D eigenvalue weighted by atomic mass is 15.1. The van der Waals surface area contributed by atoms with Crippen LogP contribution in [0.2, 0.25) is 0 Å². The Labute approximate surface area is 138 Å². The van der Waals surface area contributed by atoms with Gasteiger partial charge in [0.2, 0.25) is 0 Å². The maximum Gasteiger partial charge on any atom is 0.113 e. The van der Waals surface area contributed by atoms with E-state index in [9.17, 15) is 0 Å². The number of anilines is 1. The molecular weight excluding hydrogens is 282 g/mol. The molecule has 3 nitrogen and oxygen atoms in total.